The number of benzene rings is 1. The van der Waals surface area contributed by atoms with E-state index in [4.69, 9.17) is 15.4 Å². The predicted octanol–water partition coefficient (Wildman–Crippen LogP) is 1.77. The van der Waals surface area contributed by atoms with Crippen LogP contribution < -0.4 is 5.32 Å². The van der Waals surface area contributed by atoms with Gasteiger partial charge in [-0.15, -0.1) is 0 Å². The van der Waals surface area contributed by atoms with E-state index in [0.717, 1.165) is 26.1 Å². The summed E-state index contributed by atoms with van der Waals surface area (Å²) in [7, 11) is 1.46. The Kier molecular flexibility index (Phi) is 5.01. The van der Waals surface area contributed by atoms with E-state index in [-0.39, 0.29) is 10.8 Å². The Bertz CT molecular complexity index is 565. The second-order valence-corrected chi connectivity index (χ2v) is 7.29. The van der Waals surface area contributed by atoms with Crippen LogP contribution in [0.3, 0.4) is 0 Å². The average molecular weight is 318 g/mol. The van der Waals surface area contributed by atoms with Gasteiger partial charge in [0.1, 0.15) is 0 Å². The number of halogens is 1. The van der Waals surface area contributed by atoms with E-state index in [1.165, 1.54) is 24.3 Å². The van der Waals surface area contributed by atoms with Crippen LogP contribution in [0.1, 0.15) is 23.2 Å². The zero-order valence-electron chi connectivity index (χ0n) is 10.8. The number of rotatable bonds is 4. The molecule has 7 heteroatoms. The molecule has 0 unspecified atom stereocenters. The van der Waals surface area contributed by atoms with Crippen molar-refractivity contribution in [1.82, 2.24) is 5.32 Å². The molecule has 0 radical (unpaired) electrons. The third kappa shape index (κ3) is 4.19. The van der Waals surface area contributed by atoms with E-state index in [1.54, 1.807) is 0 Å². The smallest absolute Gasteiger partial charge is 0.261 e. The molecule has 1 N–H and O–H groups in total. The fourth-order valence-electron chi connectivity index (χ4n) is 2.06. The quantitative estimate of drug-likeness (QED) is 0.859. The highest BCUT2D eigenvalue weighted by molar-refractivity contribution is 8.13. The highest BCUT2D eigenvalue weighted by atomic mass is 35.7. The molecule has 1 heterocycles. The van der Waals surface area contributed by atoms with Crippen LogP contribution in [0.25, 0.3) is 0 Å². The van der Waals surface area contributed by atoms with Crippen LogP contribution in [0, 0.1) is 5.92 Å². The molecule has 0 spiro atoms. The van der Waals surface area contributed by atoms with E-state index in [9.17, 15) is 13.2 Å². The van der Waals surface area contributed by atoms with Crippen molar-refractivity contribution in [1.29, 1.82) is 0 Å². The minimum atomic E-state index is -3.75. The molecular weight excluding hydrogens is 302 g/mol. The van der Waals surface area contributed by atoms with Crippen LogP contribution in [0.2, 0.25) is 0 Å². The summed E-state index contributed by atoms with van der Waals surface area (Å²) >= 11 is 0. The highest BCUT2D eigenvalue weighted by Gasteiger charge is 2.16. The summed E-state index contributed by atoms with van der Waals surface area (Å²) < 4.78 is 27.5. The molecule has 1 aromatic rings. The van der Waals surface area contributed by atoms with Crippen molar-refractivity contribution >= 4 is 25.6 Å². The molecule has 1 aromatic carbocycles. The van der Waals surface area contributed by atoms with Gasteiger partial charge in [0.2, 0.25) is 0 Å². The molecule has 110 valence electrons. The summed E-state index contributed by atoms with van der Waals surface area (Å²) in [4.78, 5) is 11.9. The van der Waals surface area contributed by atoms with Crippen molar-refractivity contribution in [3.8, 4) is 0 Å². The van der Waals surface area contributed by atoms with Crippen LogP contribution in [-0.4, -0.2) is 34.1 Å². The molecule has 0 saturated carbocycles. The van der Waals surface area contributed by atoms with Gasteiger partial charge < -0.3 is 10.1 Å². The third-order valence-corrected chi connectivity index (χ3v) is 4.66. The van der Waals surface area contributed by atoms with Crippen LogP contribution in [0.15, 0.2) is 29.2 Å². The summed E-state index contributed by atoms with van der Waals surface area (Å²) in [5.74, 6) is 0.227. The Morgan fingerprint density at radius 3 is 2.40 bits per heavy atom. The lowest BCUT2D eigenvalue weighted by atomic mass is 10.0. The van der Waals surface area contributed by atoms with Crippen molar-refractivity contribution in [2.45, 2.75) is 17.7 Å². The fourth-order valence-corrected chi connectivity index (χ4v) is 2.83. The molecule has 1 aliphatic heterocycles. The summed E-state index contributed by atoms with van der Waals surface area (Å²) in [6.45, 7) is 2.09. The van der Waals surface area contributed by atoms with Crippen molar-refractivity contribution in [3.05, 3.63) is 29.8 Å². The Morgan fingerprint density at radius 1 is 1.25 bits per heavy atom. The molecule has 1 fully saturated rings. The minimum absolute atomic E-state index is 0.0138. The average Bonchev–Trinajstić information content (AvgIpc) is 2.45. The molecule has 0 bridgehead atoms. The van der Waals surface area contributed by atoms with Crippen LogP contribution in [0.5, 0.6) is 0 Å². The van der Waals surface area contributed by atoms with Gasteiger partial charge in [0.05, 0.1) is 4.90 Å². The predicted molar refractivity (Wildman–Crippen MR) is 75.4 cm³/mol. The van der Waals surface area contributed by atoms with E-state index >= 15 is 0 Å². The summed E-state index contributed by atoms with van der Waals surface area (Å²) in [6.07, 6.45) is 1.90. The lowest BCUT2D eigenvalue weighted by Gasteiger charge is -2.22. The SMILES string of the molecule is O=C(NCC1CCOCC1)c1ccc(S(=O)(=O)Cl)cc1. The Labute approximate surface area is 122 Å². The van der Waals surface area contributed by atoms with Gasteiger partial charge >= 0.3 is 0 Å². The fraction of sp³-hybridized carbons (Fsp3) is 0.462. The second kappa shape index (κ2) is 6.56. The molecule has 0 aromatic heterocycles. The van der Waals surface area contributed by atoms with Gasteiger partial charge in [-0.1, -0.05) is 0 Å². The zero-order chi connectivity index (χ0) is 14.6. The molecule has 2 rings (SSSR count). The maximum Gasteiger partial charge on any atom is 0.261 e. The zero-order valence-corrected chi connectivity index (χ0v) is 12.4. The van der Waals surface area contributed by atoms with Gasteiger partial charge in [0.15, 0.2) is 0 Å². The summed E-state index contributed by atoms with van der Waals surface area (Å²) in [6, 6.07) is 5.56. The number of hydrogen-bond donors (Lipinski definition) is 1. The molecule has 1 saturated heterocycles. The third-order valence-electron chi connectivity index (χ3n) is 3.29. The number of ether oxygens (including phenoxy) is 1. The molecule has 20 heavy (non-hydrogen) atoms. The lowest BCUT2D eigenvalue weighted by Crippen LogP contribution is -2.32. The van der Waals surface area contributed by atoms with Gasteiger partial charge in [0, 0.05) is 36.0 Å². The van der Waals surface area contributed by atoms with E-state index < -0.39 is 9.05 Å². The van der Waals surface area contributed by atoms with Gasteiger partial charge in [-0.25, -0.2) is 8.42 Å². The minimum Gasteiger partial charge on any atom is -0.381 e. The van der Waals surface area contributed by atoms with Gasteiger partial charge in [-0.2, -0.15) is 0 Å². The van der Waals surface area contributed by atoms with Crippen molar-refractivity contribution in [2.75, 3.05) is 19.8 Å². The van der Waals surface area contributed by atoms with Crippen LogP contribution in [0.4, 0.5) is 0 Å². The Hall–Kier alpha value is -1.11. The summed E-state index contributed by atoms with van der Waals surface area (Å²) in [5, 5.41) is 2.85. The standard InChI is InChI=1S/C13H16ClNO4S/c14-20(17,18)12-3-1-11(2-4-12)13(16)15-9-10-5-7-19-8-6-10/h1-4,10H,5-9H2,(H,15,16). The first-order valence-electron chi connectivity index (χ1n) is 6.37. The number of nitrogens with one attached hydrogen (secondary N) is 1. The summed E-state index contributed by atoms with van der Waals surface area (Å²) in [5.41, 5.74) is 0.418. The van der Waals surface area contributed by atoms with Crippen molar-refractivity contribution < 1.29 is 17.9 Å². The second-order valence-electron chi connectivity index (χ2n) is 4.73. The molecular formula is C13H16ClNO4S. The maximum atomic E-state index is 11.9. The number of amides is 1. The Balaban J connectivity index is 1.92. The van der Waals surface area contributed by atoms with Gasteiger partial charge in [-0.3, -0.25) is 4.79 Å². The number of hydrogen-bond acceptors (Lipinski definition) is 4. The first-order chi connectivity index (χ1) is 9.47. The topological polar surface area (TPSA) is 72.5 Å². The van der Waals surface area contributed by atoms with E-state index in [1.807, 2.05) is 0 Å². The first kappa shape index (κ1) is 15.3. The monoisotopic (exact) mass is 317 g/mol. The molecule has 0 aliphatic carbocycles. The largest absolute Gasteiger partial charge is 0.381 e. The highest BCUT2D eigenvalue weighted by Crippen LogP contribution is 2.16. The normalized spacial score (nSPS) is 16.9. The molecule has 0 atom stereocenters. The van der Waals surface area contributed by atoms with E-state index in [0.29, 0.717) is 18.0 Å². The van der Waals surface area contributed by atoms with Crippen LogP contribution >= 0.6 is 10.7 Å². The first-order valence-corrected chi connectivity index (χ1v) is 8.68. The molecule has 1 amide bonds. The Morgan fingerprint density at radius 2 is 1.85 bits per heavy atom. The van der Waals surface area contributed by atoms with Crippen molar-refractivity contribution in [3.63, 3.8) is 0 Å². The van der Waals surface area contributed by atoms with Gasteiger partial charge in [-0.05, 0) is 43.0 Å². The van der Waals surface area contributed by atoms with Gasteiger partial charge in [0.25, 0.3) is 15.0 Å². The maximum absolute atomic E-state index is 11.9. The van der Waals surface area contributed by atoms with Crippen LogP contribution in [-0.2, 0) is 13.8 Å². The number of carbonyl (C=O) groups is 1. The lowest BCUT2D eigenvalue weighted by molar-refractivity contribution is 0.0642. The van der Waals surface area contributed by atoms with Crippen molar-refractivity contribution in [2.24, 2.45) is 5.92 Å². The van der Waals surface area contributed by atoms with E-state index in [2.05, 4.69) is 5.32 Å². The molecule has 5 nitrogen and oxygen atoms in total. The number of carbonyl (C=O) groups excluding carboxylic acids is 1. The molecule has 1 aliphatic rings.